The molecule has 18 heavy (non-hydrogen) atoms. The Balaban J connectivity index is 2.10. The van der Waals surface area contributed by atoms with Gasteiger partial charge in [0.2, 0.25) is 5.88 Å². The summed E-state index contributed by atoms with van der Waals surface area (Å²) in [5.41, 5.74) is 0.820. The lowest BCUT2D eigenvalue weighted by Gasteiger charge is -2.06. The molecule has 3 aromatic rings. The van der Waals surface area contributed by atoms with Gasteiger partial charge in [0.15, 0.2) is 16.3 Å². The molecule has 0 radical (unpaired) electrons. The molecule has 0 fully saturated rings. The number of hydrogen-bond acceptors (Lipinski definition) is 6. The number of phenols is 1. The third kappa shape index (κ3) is 1.76. The quantitative estimate of drug-likeness (QED) is 0.766. The van der Waals surface area contributed by atoms with Gasteiger partial charge in [0, 0.05) is 0 Å². The first-order chi connectivity index (χ1) is 8.75. The summed E-state index contributed by atoms with van der Waals surface area (Å²) in [5, 5.41) is 10.5. The number of phenolic OH excluding ortho intramolecular Hbond substituents is 1. The van der Waals surface area contributed by atoms with E-state index in [1.54, 1.807) is 24.3 Å². The zero-order valence-electron chi connectivity index (χ0n) is 9.49. The number of aryl methyl sites for hydroxylation is 1. The van der Waals surface area contributed by atoms with Crippen LogP contribution >= 0.6 is 11.5 Å². The number of ether oxygens (including phenoxy) is 1. The Morgan fingerprint density at radius 3 is 2.89 bits per heavy atom. The summed E-state index contributed by atoms with van der Waals surface area (Å²) in [5.74, 6) is 0.848. The fourth-order valence-corrected chi connectivity index (χ4v) is 2.35. The third-order valence-corrected chi connectivity index (χ3v) is 3.33. The van der Waals surface area contributed by atoms with Crippen LogP contribution in [0.2, 0.25) is 0 Å². The van der Waals surface area contributed by atoms with Gasteiger partial charge >= 0.3 is 0 Å². The van der Waals surface area contributed by atoms with E-state index in [0.29, 0.717) is 11.6 Å². The molecule has 0 atom stereocenters. The predicted molar refractivity (Wildman–Crippen MR) is 68.1 cm³/mol. The van der Waals surface area contributed by atoms with Crippen molar-refractivity contribution in [2.45, 2.75) is 6.92 Å². The smallest absolute Gasteiger partial charge is 0.233 e. The minimum Gasteiger partial charge on any atom is -0.504 e. The zero-order chi connectivity index (χ0) is 12.5. The molecule has 0 bridgehead atoms. The summed E-state index contributed by atoms with van der Waals surface area (Å²) >= 11 is 1.30. The third-order valence-electron chi connectivity index (χ3n) is 2.48. The second-order valence-corrected chi connectivity index (χ2v) is 4.45. The maximum Gasteiger partial charge on any atom is 0.233 e. The van der Waals surface area contributed by atoms with Crippen LogP contribution in [0, 0.1) is 6.92 Å². The summed E-state index contributed by atoms with van der Waals surface area (Å²) in [6, 6.07) is 6.76. The van der Waals surface area contributed by atoms with Crippen LogP contribution in [0.1, 0.15) is 5.69 Å². The molecule has 0 spiro atoms. The topological polar surface area (TPSA) is 68.1 Å². The van der Waals surface area contributed by atoms with E-state index in [1.807, 2.05) is 6.92 Å². The van der Waals surface area contributed by atoms with Crippen LogP contribution in [0.25, 0.3) is 10.2 Å². The highest BCUT2D eigenvalue weighted by Gasteiger charge is 2.13. The molecule has 3 rings (SSSR count). The minimum atomic E-state index is 0.0742. The number of para-hydroxylation sites is 2. The number of aromatic nitrogens is 3. The maximum absolute atomic E-state index is 9.68. The van der Waals surface area contributed by atoms with Crippen molar-refractivity contribution in [1.82, 2.24) is 14.3 Å². The zero-order valence-corrected chi connectivity index (χ0v) is 10.3. The highest BCUT2D eigenvalue weighted by Crippen LogP contribution is 2.34. The van der Waals surface area contributed by atoms with E-state index in [2.05, 4.69) is 14.3 Å². The summed E-state index contributed by atoms with van der Waals surface area (Å²) < 4.78 is 9.84. The standard InChI is InChI=1S/C12H9N3O2S/c1-7-10-11(13-6-14-12(10)18-15-7)17-9-5-3-2-4-8(9)16/h2-6,16H,1H3. The van der Waals surface area contributed by atoms with Crippen molar-refractivity contribution in [2.75, 3.05) is 0 Å². The van der Waals surface area contributed by atoms with Crippen LogP contribution in [0.15, 0.2) is 30.6 Å². The molecule has 0 saturated heterocycles. The van der Waals surface area contributed by atoms with Crippen molar-refractivity contribution < 1.29 is 9.84 Å². The van der Waals surface area contributed by atoms with Crippen molar-refractivity contribution in [3.63, 3.8) is 0 Å². The molecule has 0 amide bonds. The molecule has 1 aromatic carbocycles. The van der Waals surface area contributed by atoms with Gasteiger partial charge in [0.1, 0.15) is 6.33 Å². The van der Waals surface area contributed by atoms with Gasteiger partial charge in [0.05, 0.1) is 11.1 Å². The molecule has 2 heterocycles. The molecule has 5 nitrogen and oxygen atoms in total. The van der Waals surface area contributed by atoms with E-state index in [9.17, 15) is 5.11 Å². The van der Waals surface area contributed by atoms with Gasteiger partial charge in [-0.25, -0.2) is 9.97 Å². The monoisotopic (exact) mass is 259 g/mol. The van der Waals surface area contributed by atoms with Gasteiger partial charge in [-0.3, -0.25) is 0 Å². The van der Waals surface area contributed by atoms with Crippen LogP contribution in [-0.2, 0) is 0 Å². The average Bonchev–Trinajstić information content (AvgIpc) is 2.75. The second kappa shape index (κ2) is 4.23. The van der Waals surface area contributed by atoms with E-state index < -0.39 is 0 Å². The molecule has 0 unspecified atom stereocenters. The molecule has 0 aliphatic heterocycles. The molecule has 2 aromatic heterocycles. The van der Waals surface area contributed by atoms with Crippen molar-refractivity contribution in [3.8, 4) is 17.4 Å². The van der Waals surface area contributed by atoms with E-state index in [0.717, 1.165) is 15.9 Å². The van der Waals surface area contributed by atoms with Crippen LogP contribution in [0.5, 0.6) is 17.4 Å². The number of hydrogen-bond donors (Lipinski definition) is 1. The maximum atomic E-state index is 9.68. The Labute approximate surface area is 107 Å². The first-order valence-electron chi connectivity index (χ1n) is 5.28. The molecule has 0 aliphatic carbocycles. The van der Waals surface area contributed by atoms with Gasteiger partial charge in [0.25, 0.3) is 0 Å². The number of fused-ring (bicyclic) bond motifs is 1. The fourth-order valence-electron chi connectivity index (χ4n) is 1.62. The highest BCUT2D eigenvalue weighted by atomic mass is 32.1. The first-order valence-corrected chi connectivity index (χ1v) is 6.06. The number of benzene rings is 1. The lowest BCUT2D eigenvalue weighted by atomic mass is 10.3. The van der Waals surface area contributed by atoms with Gasteiger partial charge in [-0.15, -0.1) is 0 Å². The Kier molecular flexibility index (Phi) is 2.56. The number of nitrogens with zero attached hydrogens (tertiary/aromatic N) is 3. The lowest BCUT2D eigenvalue weighted by Crippen LogP contribution is -1.90. The van der Waals surface area contributed by atoms with E-state index in [4.69, 9.17) is 4.74 Å². The van der Waals surface area contributed by atoms with Gasteiger partial charge in [-0.05, 0) is 30.6 Å². The Bertz CT molecular complexity index is 711. The fraction of sp³-hybridized carbons (Fsp3) is 0.0833. The molecule has 90 valence electrons. The Morgan fingerprint density at radius 2 is 2.06 bits per heavy atom. The summed E-state index contributed by atoms with van der Waals surface area (Å²) in [6.45, 7) is 1.87. The molecule has 1 N–H and O–H groups in total. The van der Waals surface area contributed by atoms with E-state index in [1.165, 1.54) is 17.9 Å². The second-order valence-electron chi connectivity index (χ2n) is 3.70. The largest absolute Gasteiger partial charge is 0.504 e. The lowest BCUT2D eigenvalue weighted by molar-refractivity contribution is 0.405. The normalized spacial score (nSPS) is 10.7. The molecule has 0 saturated carbocycles. The van der Waals surface area contributed by atoms with E-state index >= 15 is 0 Å². The SMILES string of the molecule is Cc1nsc2ncnc(Oc3ccccc3O)c12. The van der Waals surface area contributed by atoms with Crippen molar-refractivity contribution in [3.05, 3.63) is 36.3 Å². The first kappa shape index (κ1) is 10.9. The number of rotatable bonds is 2. The van der Waals surface area contributed by atoms with Crippen LogP contribution in [0.3, 0.4) is 0 Å². The van der Waals surface area contributed by atoms with Crippen LogP contribution < -0.4 is 4.74 Å². The number of aromatic hydroxyl groups is 1. The highest BCUT2D eigenvalue weighted by molar-refractivity contribution is 7.13. The summed E-state index contributed by atoms with van der Waals surface area (Å²) in [7, 11) is 0. The summed E-state index contributed by atoms with van der Waals surface area (Å²) in [6.07, 6.45) is 1.43. The Hall–Kier alpha value is -2.21. The molecule has 6 heteroatoms. The van der Waals surface area contributed by atoms with E-state index in [-0.39, 0.29) is 5.75 Å². The van der Waals surface area contributed by atoms with Crippen molar-refractivity contribution >= 4 is 21.7 Å². The Morgan fingerprint density at radius 1 is 1.22 bits per heavy atom. The molecular weight excluding hydrogens is 250 g/mol. The van der Waals surface area contributed by atoms with Gasteiger partial charge in [-0.1, -0.05) is 12.1 Å². The molecular formula is C12H9N3O2S. The van der Waals surface area contributed by atoms with Gasteiger partial charge in [-0.2, -0.15) is 4.37 Å². The minimum absolute atomic E-state index is 0.0742. The summed E-state index contributed by atoms with van der Waals surface area (Å²) in [4.78, 5) is 9.00. The predicted octanol–water partition coefficient (Wildman–Crippen LogP) is 2.89. The average molecular weight is 259 g/mol. The van der Waals surface area contributed by atoms with Crippen molar-refractivity contribution in [1.29, 1.82) is 0 Å². The van der Waals surface area contributed by atoms with Crippen LogP contribution in [-0.4, -0.2) is 19.4 Å². The van der Waals surface area contributed by atoms with Gasteiger partial charge < -0.3 is 9.84 Å². The molecule has 0 aliphatic rings. The van der Waals surface area contributed by atoms with Crippen LogP contribution in [0.4, 0.5) is 0 Å². The van der Waals surface area contributed by atoms with Crippen molar-refractivity contribution in [2.24, 2.45) is 0 Å².